The van der Waals surface area contributed by atoms with Gasteiger partial charge in [-0.3, -0.25) is 9.59 Å². The first-order valence-corrected chi connectivity index (χ1v) is 8.71. The van der Waals surface area contributed by atoms with Crippen LogP contribution in [0.15, 0.2) is 36.5 Å². The first kappa shape index (κ1) is 20.7. The average Bonchev–Trinajstić information content (AvgIpc) is 3.08. The van der Waals surface area contributed by atoms with Gasteiger partial charge in [0.25, 0.3) is 5.91 Å². The summed E-state index contributed by atoms with van der Waals surface area (Å²) in [7, 11) is 0. The van der Waals surface area contributed by atoms with E-state index in [4.69, 9.17) is 5.73 Å². The summed E-state index contributed by atoms with van der Waals surface area (Å²) in [6.07, 6.45) is 2.87. The maximum Gasteiger partial charge on any atom is 0.278 e. The highest BCUT2D eigenvalue weighted by Gasteiger charge is 2.31. The molecule has 9 heteroatoms. The Morgan fingerprint density at radius 2 is 2.04 bits per heavy atom. The number of halogens is 1. The van der Waals surface area contributed by atoms with E-state index < -0.39 is 0 Å². The summed E-state index contributed by atoms with van der Waals surface area (Å²) < 4.78 is 1.47. The van der Waals surface area contributed by atoms with Crippen LogP contribution in [0.5, 0.6) is 5.75 Å². The van der Waals surface area contributed by atoms with Crippen molar-refractivity contribution in [2.75, 3.05) is 26.2 Å². The van der Waals surface area contributed by atoms with E-state index >= 15 is 0 Å². The maximum atomic E-state index is 12.8. The Morgan fingerprint density at radius 1 is 1.30 bits per heavy atom. The number of benzene rings is 1. The standard InChI is InChI=1S/C18H23N5O3.ClH/c19-8-9-20-17(25)13-5-4-10-22(11-13)18(26)16-15(24)12-23(21-16)14-6-2-1-3-7-14;/h1-3,6-7,12-13,24H,4-5,8-11,19H2,(H,20,25);1H. The van der Waals surface area contributed by atoms with Crippen molar-refractivity contribution in [3.63, 3.8) is 0 Å². The van der Waals surface area contributed by atoms with Crippen molar-refractivity contribution in [1.82, 2.24) is 20.0 Å². The monoisotopic (exact) mass is 393 g/mol. The zero-order chi connectivity index (χ0) is 18.5. The number of hydrogen-bond acceptors (Lipinski definition) is 5. The molecule has 0 bridgehead atoms. The van der Waals surface area contributed by atoms with Crippen LogP contribution < -0.4 is 11.1 Å². The number of carbonyl (C=O) groups is 2. The molecule has 0 radical (unpaired) electrons. The van der Waals surface area contributed by atoms with Crippen LogP contribution in [0.3, 0.4) is 0 Å². The first-order valence-electron chi connectivity index (χ1n) is 8.71. The van der Waals surface area contributed by atoms with Gasteiger partial charge < -0.3 is 21.1 Å². The summed E-state index contributed by atoms with van der Waals surface area (Å²) in [6, 6.07) is 9.25. The number of nitrogens with zero attached hydrogens (tertiary/aromatic N) is 3. The van der Waals surface area contributed by atoms with E-state index in [1.807, 2.05) is 30.3 Å². The zero-order valence-corrected chi connectivity index (χ0v) is 15.7. The summed E-state index contributed by atoms with van der Waals surface area (Å²) >= 11 is 0. The third-order valence-electron chi connectivity index (χ3n) is 4.44. The van der Waals surface area contributed by atoms with Crippen LogP contribution >= 0.6 is 12.4 Å². The molecular formula is C18H24ClN5O3. The van der Waals surface area contributed by atoms with E-state index in [1.165, 1.54) is 10.9 Å². The Morgan fingerprint density at radius 3 is 2.74 bits per heavy atom. The Labute approximate surface area is 163 Å². The first-order chi connectivity index (χ1) is 12.6. The lowest BCUT2D eigenvalue weighted by Gasteiger charge is -2.31. The fourth-order valence-corrected chi connectivity index (χ4v) is 3.10. The molecular weight excluding hydrogens is 370 g/mol. The molecule has 1 atom stereocenters. The van der Waals surface area contributed by atoms with E-state index in [0.29, 0.717) is 26.2 Å². The number of rotatable bonds is 5. The van der Waals surface area contributed by atoms with Gasteiger partial charge in [0.1, 0.15) is 0 Å². The molecule has 27 heavy (non-hydrogen) atoms. The van der Waals surface area contributed by atoms with Crippen molar-refractivity contribution in [3.05, 3.63) is 42.2 Å². The van der Waals surface area contributed by atoms with Gasteiger partial charge in [-0.25, -0.2) is 4.68 Å². The minimum absolute atomic E-state index is 0. The van der Waals surface area contributed by atoms with Crippen molar-refractivity contribution in [1.29, 1.82) is 0 Å². The smallest absolute Gasteiger partial charge is 0.278 e. The Bertz CT molecular complexity index is 781. The van der Waals surface area contributed by atoms with Gasteiger partial charge in [-0.05, 0) is 25.0 Å². The number of aromatic nitrogens is 2. The lowest BCUT2D eigenvalue weighted by Crippen LogP contribution is -2.46. The van der Waals surface area contributed by atoms with Gasteiger partial charge in [-0.2, -0.15) is 5.10 Å². The molecule has 2 heterocycles. The van der Waals surface area contributed by atoms with Crippen molar-refractivity contribution in [2.24, 2.45) is 11.7 Å². The van der Waals surface area contributed by atoms with Crippen LogP contribution in [-0.2, 0) is 4.79 Å². The lowest BCUT2D eigenvalue weighted by atomic mass is 9.97. The minimum Gasteiger partial charge on any atom is -0.504 e. The second-order valence-corrected chi connectivity index (χ2v) is 6.31. The predicted molar refractivity (Wildman–Crippen MR) is 103 cm³/mol. The molecule has 0 spiro atoms. The van der Waals surface area contributed by atoms with Gasteiger partial charge in [-0.1, -0.05) is 18.2 Å². The molecule has 1 unspecified atom stereocenters. The fraction of sp³-hybridized carbons (Fsp3) is 0.389. The second-order valence-electron chi connectivity index (χ2n) is 6.31. The molecule has 1 fully saturated rings. The number of hydrogen-bond donors (Lipinski definition) is 3. The van der Waals surface area contributed by atoms with Crippen LogP contribution in [0.2, 0.25) is 0 Å². The minimum atomic E-state index is -0.367. The number of amides is 2. The third kappa shape index (κ3) is 4.78. The largest absolute Gasteiger partial charge is 0.504 e. The molecule has 4 N–H and O–H groups in total. The average molecular weight is 394 g/mol. The normalized spacial score (nSPS) is 16.5. The van der Waals surface area contributed by atoms with Gasteiger partial charge in [-0.15, -0.1) is 12.4 Å². The molecule has 1 aliphatic rings. The number of piperidine rings is 1. The zero-order valence-electron chi connectivity index (χ0n) is 14.9. The van der Waals surface area contributed by atoms with Gasteiger partial charge in [0.2, 0.25) is 5.91 Å². The van der Waals surface area contributed by atoms with Gasteiger partial charge in [0, 0.05) is 26.2 Å². The number of likely N-dealkylation sites (tertiary alicyclic amines) is 1. The van der Waals surface area contributed by atoms with Crippen molar-refractivity contribution < 1.29 is 14.7 Å². The Balaban J connectivity index is 0.00000261. The molecule has 2 aromatic rings. The highest BCUT2D eigenvalue weighted by Crippen LogP contribution is 2.23. The molecule has 1 aromatic heterocycles. The van der Waals surface area contributed by atoms with E-state index in [1.54, 1.807) is 4.90 Å². The molecule has 2 amide bonds. The number of carbonyl (C=O) groups excluding carboxylic acids is 2. The Kier molecular flexibility index (Phi) is 7.20. The van der Waals surface area contributed by atoms with Crippen molar-refractivity contribution >= 4 is 24.2 Å². The van der Waals surface area contributed by atoms with E-state index in [9.17, 15) is 14.7 Å². The van der Waals surface area contributed by atoms with Gasteiger partial charge in [0.15, 0.2) is 11.4 Å². The molecule has 8 nitrogen and oxygen atoms in total. The molecule has 0 saturated carbocycles. The lowest BCUT2D eigenvalue weighted by molar-refractivity contribution is -0.126. The predicted octanol–water partition coefficient (Wildman–Crippen LogP) is 0.927. The number of para-hydroxylation sites is 1. The second kappa shape index (κ2) is 9.38. The summed E-state index contributed by atoms with van der Waals surface area (Å²) in [5, 5.41) is 17.2. The van der Waals surface area contributed by atoms with Gasteiger partial charge >= 0.3 is 0 Å². The van der Waals surface area contributed by atoms with Crippen molar-refractivity contribution in [3.8, 4) is 11.4 Å². The van der Waals surface area contributed by atoms with Crippen LogP contribution in [-0.4, -0.2) is 57.8 Å². The van der Waals surface area contributed by atoms with E-state index in [2.05, 4.69) is 10.4 Å². The molecule has 146 valence electrons. The topological polar surface area (TPSA) is 113 Å². The van der Waals surface area contributed by atoms with E-state index in [-0.39, 0.29) is 41.6 Å². The van der Waals surface area contributed by atoms with Crippen LogP contribution in [0.1, 0.15) is 23.3 Å². The molecule has 1 saturated heterocycles. The van der Waals surface area contributed by atoms with Crippen LogP contribution in [0.4, 0.5) is 0 Å². The third-order valence-corrected chi connectivity index (χ3v) is 4.44. The fourth-order valence-electron chi connectivity index (χ4n) is 3.10. The van der Waals surface area contributed by atoms with Crippen molar-refractivity contribution in [2.45, 2.75) is 12.8 Å². The van der Waals surface area contributed by atoms with E-state index in [0.717, 1.165) is 18.5 Å². The summed E-state index contributed by atoms with van der Waals surface area (Å²) in [6.45, 7) is 1.65. The molecule has 1 aliphatic heterocycles. The van der Waals surface area contributed by atoms with Crippen LogP contribution in [0.25, 0.3) is 5.69 Å². The molecule has 1 aromatic carbocycles. The quantitative estimate of drug-likeness (QED) is 0.699. The number of nitrogens with one attached hydrogen (secondary N) is 1. The summed E-state index contributed by atoms with van der Waals surface area (Å²) in [4.78, 5) is 26.5. The SMILES string of the molecule is Cl.NCCNC(=O)C1CCCN(C(=O)c2nn(-c3ccccc3)cc2O)C1. The van der Waals surface area contributed by atoms with Gasteiger partial charge in [0.05, 0.1) is 17.8 Å². The highest BCUT2D eigenvalue weighted by atomic mass is 35.5. The van der Waals surface area contributed by atoms with Crippen LogP contribution in [0, 0.1) is 5.92 Å². The molecule has 0 aliphatic carbocycles. The maximum absolute atomic E-state index is 12.8. The highest BCUT2D eigenvalue weighted by molar-refractivity contribution is 5.95. The molecule has 3 rings (SSSR count). The summed E-state index contributed by atoms with van der Waals surface area (Å²) in [5.74, 6) is -0.897. The number of aromatic hydroxyl groups is 1. The summed E-state index contributed by atoms with van der Waals surface area (Å²) in [5.41, 5.74) is 6.15. The number of nitrogens with two attached hydrogens (primary N) is 1. The Hall–Kier alpha value is -2.58.